The van der Waals surface area contributed by atoms with Crippen LogP contribution in [0.4, 0.5) is 0 Å². The standard InChI is InChI=1S/C19H30O3S/c1-2-3-4-5-6-7-8-10-13-18(20)16-17-23(21,22)19-14-11-9-12-15-19/h9,11-12,14-18,20H,2-8,10,13H2,1H3/b17-16+. The highest BCUT2D eigenvalue weighted by Gasteiger charge is 2.10. The Kier molecular flexibility index (Phi) is 9.88. The first-order chi connectivity index (χ1) is 11.1. The summed E-state index contributed by atoms with van der Waals surface area (Å²) in [7, 11) is -3.44. The zero-order chi connectivity index (χ0) is 17.0. The van der Waals surface area contributed by atoms with E-state index in [-0.39, 0.29) is 4.90 Å². The topological polar surface area (TPSA) is 54.4 Å². The fraction of sp³-hybridized carbons (Fsp3) is 0.579. The molecule has 1 N–H and O–H groups in total. The Morgan fingerprint density at radius 3 is 2.13 bits per heavy atom. The van der Waals surface area contributed by atoms with Crippen LogP contribution in [0, 0.1) is 0 Å². The monoisotopic (exact) mass is 338 g/mol. The van der Waals surface area contributed by atoms with E-state index >= 15 is 0 Å². The van der Waals surface area contributed by atoms with E-state index in [0.29, 0.717) is 6.42 Å². The highest BCUT2D eigenvalue weighted by molar-refractivity contribution is 7.94. The van der Waals surface area contributed by atoms with Gasteiger partial charge in [-0.3, -0.25) is 0 Å². The molecule has 0 bridgehead atoms. The summed E-state index contributed by atoms with van der Waals surface area (Å²) in [6.45, 7) is 2.22. The molecule has 4 heteroatoms. The minimum absolute atomic E-state index is 0.260. The lowest BCUT2D eigenvalue weighted by Gasteiger charge is -2.06. The Balaban J connectivity index is 2.22. The zero-order valence-electron chi connectivity index (χ0n) is 14.2. The SMILES string of the molecule is CCCCCCCCCCC(O)/C=C/S(=O)(=O)c1ccccc1. The number of hydrogen-bond donors (Lipinski definition) is 1. The smallest absolute Gasteiger partial charge is 0.199 e. The summed E-state index contributed by atoms with van der Waals surface area (Å²) in [6.07, 6.45) is 11.0. The molecule has 0 fully saturated rings. The highest BCUT2D eigenvalue weighted by Crippen LogP contribution is 2.14. The van der Waals surface area contributed by atoms with Crippen molar-refractivity contribution in [2.24, 2.45) is 0 Å². The lowest BCUT2D eigenvalue weighted by Crippen LogP contribution is -2.04. The summed E-state index contributed by atoms with van der Waals surface area (Å²) in [5, 5.41) is 11.0. The van der Waals surface area contributed by atoms with Gasteiger partial charge in [0.2, 0.25) is 0 Å². The Morgan fingerprint density at radius 2 is 1.52 bits per heavy atom. The minimum Gasteiger partial charge on any atom is -0.389 e. The van der Waals surface area contributed by atoms with Crippen LogP contribution in [0.15, 0.2) is 46.7 Å². The van der Waals surface area contributed by atoms with E-state index in [0.717, 1.165) is 18.2 Å². The summed E-state index contributed by atoms with van der Waals surface area (Å²) in [6, 6.07) is 8.28. The molecule has 0 saturated carbocycles. The van der Waals surface area contributed by atoms with Crippen molar-refractivity contribution in [3.05, 3.63) is 41.8 Å². The van der Waals surface area contributed by atoms with Crippen molar-refractivity contribution in [1.29, 1.82) is 0 Å². The van der Waals surface area contributed by atoms with Crippen LogP contribution in [-0.4, -0.2) is 19.6 Å². The third-order valence-electron chi connectivity index (χ3n) is 3.91. The summed E-state index contributed by atoms with van der Waals surface area (Å²) in [5.41, 5.74) is 0. The van der Waals surface area contributed by atoms with Gasteiger partial charge in [-0.1, -0.05) is 76.5 Å². The van der Waals surface area contributed by atoms with Crippen molar-refractivity contribution < 1.29 is 13.5 Å². The maximum atomic E-state index is 12.0. The van der Waals surface area contributed by atoms with Gasteiger partial charge in [0.15, 0.2) is 9.84 Å². The van der Waals surface area contributed by atoms with E-state index in [2.05, 4.69) is 6.92 Å². The molecule has 1 aromatic rings. The molecule has 0 spiro atoms. The molecule has 1 rings (SSSR count). The first-order valence-corrected chi connectivity index (χ1v) is 10.3. The number of benzene rings is 1. The molecule has 0 amide bonds. The van der Waals surface area contributed by atoms with Crippen LogP contribution in [0.25, 0.3) is 0 Å². The quantitative estimate of drug-likeness (QED) is 0.553. The van der Waals surface area contributed by atoms with Crippen LogP contribution in [0.5, 0.6) is 0 Å². The fourth-order valence-corrected chi connectivity index (χ4v) is 3.55. The number of rotatable bonds is 12. The Labute approximate surface area is 141 Å². The average Bonchev–Trinajstić information content (AvgIpc) is 2.56. The Morgan fingerprint density at radius 1 is 0.957 bits per heavy atom. The lowest BCUT2D eigenvalue weighted by atomic mass is 10.1. The largest absolute Gasteiger partial charge is 0.389 e. The Hall–Kier alpha value is -1.13. The maximum Gasteiger partial charge on any atom is 0.199 e. The number of aliphatic hydroxyl groups is 1. The van der Waals surface area contributed by atoms with E-state index in [1.165, 1.54) is 44.6 Å². The molecule has 1 unspecified atom stereocenters. The van der Waals surface area contributed by atoms with Crippen molar-refractivity contribution >= 4 is 9.84 Å². The van der Waals surface area contributed by atoms with E-state index in [1.54, 1.807) is 30.3 Å². The van der Waals surface area contributed by atoms with Crippen molar-refractivity contribution in [2.75, 3.05) is 0 Å². The van der Waals surface area contributed by atoms with Gasteiger partial charge in [-0.25, -0.2) is 8.42 Å². The molecule has 0 radical (unpaired) electrons. The minimum atomic E-state index is -3.44. The van der Waals surface area contributed by atoms with Crippen LogP contribution >= 0.6 is 0 Å². The van der Waals surface area contributed by atoms with Gasteiger partial charge in [0.25, 0.3) is 0 Å². The Bertz CT molecular complexity index is 535. The second kappa shape index (κ2) is 11.4. The van der Waals surface area contributed by atoms with Crippen LogP contribution < -0.4 is 0 Å². The van der Waals surface area contributed by atoms with Crippen molar-refractivity contribution in [1.82, 2.24) is 0 Å². The van der Waals surface area contributed by atoms with E-state index in [1.807, 2.05) is 0 Å². The summed E-state index contributed by atoms with van der Waals surface area (Å²) < 4.78 is 24.1. The van der Waals surface area contributed by atoms with Crippen LogP contribution in [0.3, 0.4) is 0 Å². The summed E-state index contributed by atoms with van der Waals surface area (Å²) >= 11 is 0. The van der Waals surface area contributed by atoms with Gasteiger partial charge >= 0.3 is 0 Å². The van der Waals surface area contributed by atoms with E-state index in [4.69, 9.17) is 0 Å². The molecule has 3 nitrogen and oxygen atoms in total. The van der Waals surface area contributed by atoms with Gasteiger partial charge in [-0.15, -0.1) is 0 Å². The normalized spacial score (nSPS) is 13.5. The van der Waals surface area contributed by atoms with Gasteiger partial charge in [0.1, 0.15) is 0 Å². The maximum absolute atomic E-state index is 12.0. The van der Waals surface area contributed by atoms with Gasteiger partial charge in [-0.2, -0.15) is 0 Å². The summed E-state index contributed by atoms with van der Waals surface area (Å²) in [4.78, 5) is 0.260. The first-order valence-electron chi connectivity index (χ1n) is 8.72. The first kappa shape index (κ1) is 19.9. The molecular weight excluding hydrogens is 308 g/mol. The number of hydrogen-bond acceptors (Lipinski definition) is 3. The van der Waals surface area contributed by atoms with Gasteiger partial charge in [-0.05, 0) is 24.6 Å². The molecule has 0 aliphatic heterocycles. The number of sulfone groups is 1. The fourth-order valence-electron chi connectivity index (χ4n) is 2.47. The van der Waals surface area contributed by atoms with Gasteiger partial charge < -0.3 is 5.11 Å². The zero-order valence-corrected chi connectivity index (χ0v) is 15.0. The van der Waals surface area contributed by atoms with Crippen molar-refractivity contribution in [3.8, 4) is 0 Å². The van der Waals surface area contributed by atoms with Gasteiger partial charge in [0, 0.05) is 5.41 Å². The van der Waals surface area contributed by atoms with Crippen LogP contribution in [-0.2, 0) is 9.84 Å². The van der Waals surface area contributed by atoms with Crippen LogP contribution in [0.2, 0.25) is 0 Å². The van der Waals surface area contributed by atoms with Gasteiger partial charge in [0.05, 0.1) is 11.0 Å². The molecule has 0 aliphatic rings. The second-order valence-corrected chi connectivity index (χ2v) is 7.85. The lowest BCUT2D eigenvalue weighted by molar-refractivity contribution is 0.208. The molecule has 0 aromatic heterocycles. The molecule has 0 aliphatic carbocycles. The molecule has 1 atom stereocenters. The average molecular weight is 339 g/mol. The third-order valence-corrected chi connectivity index (χ3v) is 5.35. The molecule has 23 heavy (non-hydrogen) atoms. The predicted molar refractivity (Wildman–Crippen MR) is 96.0 cm³/mol. The second-order valence-electron chi connectivity index (χ2n) is 6.02. The van der Waals surface area contributed by atoms with E-state index in [9.17, 15) is 13.5 Å². The highest BCUT2D eigenvalue weighted by atomic mass is 32.2. The molecule has 0 heterocycles. The predicted octanol–water partition coefficient (Wildman–Crippen LogP) is 4.87. The molecular formula is C19H30O3S. The van der Waals surface area contributed by atoms with Crippen LogP contribution in [0.1, 0.15) is 64.7 Å². The summed E-state index contributed by atoms with van der Waals surface area (Å²) in [5.74, 6) is 0. The number of unbranched alkanes of at least 4 members (excludes halogenated alkanes) is 7. The third kappa shape index (κ3) is 8.92. The van der Waals surface area contributed by atoms with Crippen molar-refractivity contribution in [2.45, 2.75) is 75.7 Å². The number of aliphatic hydroxyl groups excluding tert-OH is 1. The molecule has 0 saturated heterocycles. The van der Waals surface area contributed by atoms with Crippen molar-refractivity contribution in [3.63, 3.8) is 0 Å². The van der Waals surface area contributed by atoms with E-state index < -0.39 is 15.9 Å². The molecule has 130 valence electrons. The molecule has 1 aromatic carbocycles.